The molecule has 0 saturated carbocycles. The van der Waals surface area contributed by atoms with Crippen LogP contribution in [0.25, 0.3) is 10.9 Å². The fraction of sp³-hybridized carbons (Fsp3) is 0.292. The quantitative estimate of drug-likeness (QED) is 0.305. The molecule has 3 amide bonds. The van der Waals surface area contributed by atoms with E-state index in [-0.39, 0.29) is 5.91 Å². The molecule has 0 saturated heterocycles. The van der Waals surface area contributed by atoms with E-state index in [9.17, 15) is 14.4 Å². The summed E-state index contributed by atoms with van der Waals surface area (Å²) in [5.74, 6) is -1.83. The first-order valence-electron chi connectivity index (χ1n) is 10.6. The lowest BCUT2D eigenvalue weighted by Crippen LogP contribution is -2.37. The Hall–Kier alpha value is -3.65. The van der Waals surface area contributed by atoms with Crippen LogP contribution in [0.2, 0.25) is 0 Å². The van der Waals surface area contributed by atoms with Gasteiger partial charge in [0.05, 0.1) is 11.3 Å². The number of carbonyl (C=O) groups is 3. The Morgan fingerprint density at radius 2 is 1.66 bits per heavy atom. The van der Waals surface area contributed by atoms with E-state index in [1.807, 2.05) is 49.5 Å². The number of hydrogen-bond donors (Lipinski definition) is 4. The molecule has 3 aromatic rings. The number of para-hydroxylation sites is 2. The molecule has 0 atom stereocenters. The number of aromatic nitrogens is 1. The maximum atomic E-state index is 12.7. The SMILES string of the molecule is CN(C)CCCNC(=O)C(=O)Nc1ccccc1C(=O)NCCc1c[nH]c2ccccc12. The zero-order valence-electron chi connectivity index (χ0n) is 18.4. The van der Waals surface area contributed by atoms with Crippen molar-refractivity contribution in [1.82, 2.24) is 20.5 Å². The van der Waals surface area contributed by atoms with Crippen molar-refractivity contribution in [2.45, 2.75) is 12.8 Å². The third-order valence-electron chi connectivity index (χ3n) is 5.05. The molecule has 1 aromatic heterocycles. The molecule has 0 aliphatic rings. The fourth-order valence-corrected chi connectivity index (χ4v) is 3.39. The molecule has 2 aromatic carbocycles. The number of aromatic amines is 1. The van der Waals surface area contributed by atoms with Crippen molar-refractivity contribution in [2.24, 2.45) is 0 Å². The third kappa shape index (κ3) is 6.18. The number of benzene rings is 2. The highest BCUT2D eigenvalue weighted by Crippen LogP contribution is 2.18. The van der Waals surface area contributed by atoms with Gasteiger partial charge in [-0.05, 0) is 57.2 Å². The van der Waals surface area contributed by atoms with Gasteiger partial charge in [-0.3, -0.25) is 14.4 Å². The van der Waals surface area contributed by atoms with Crippen molar-refractivity contribution in [2.75, 3.05) is 39.0 Å². The predicted molar refractivity (Wildman–Crippen MR) is 126 cm³/mol. The summed E-state index contributed by atoms with van der Waals surface area (Å²) in [4.78, 5) is 42.2. The molecule has 0 aliphatic carbocycles. The highest BCUT2D eigenvalue weighted by molar-refractivity contribution is 6.40. The number of nitrogens with zero attached hydrogens (tertiary/aromatic N) is 1. The van der Waals surface area contributed by atoms with E-state index in [1.54, 1.807) is 24.3 Å². The molecule has 0 radical (unpaired) electrons. The number of amides is 3. The highest BCUT2D eigenvalue weighted by Gasteiger charge is 2.17. The molecule has 0 bridgehead atoms. The standard InChI is InChI=1S/C24H29N5O3/c1-29(2)15-7-13-25-23(31)24(32)28-21-11-6-4-9-19(21)22(30)26-14-12-17-16-27-20-10-5-3-8-18(17)20/h3-6,8-11,16,27H,7,12-15H2,1-2H3,(H,25,31)(H,26,30)(H,28,32). The monoisotopic (exact) mass is 435 g/mol. The van der Waals surface area contributed by atoms with Crippen LogP contribution in [0.1, 0.15) is 22.3 Å². The van der Waals surface area contributed by atoms with Gasteiger partial charge in [0, 0.05) is 30.2 Å². The van der Waals surface area contributed by atoms with Crippen LogP contribution in [-0.2, 0) is 16.0 Å². The van der Waals surface area contributed by atoms with Gasteiger partial charge in [0.1, 0.15) is 0 Å². The maximum Gasteiger partial charge on any atom is 0.313 e. The first-order chi connectivity index (χ1) is 15.5. The Bertz CT molecular complexity index is 1090. The van der Waals surface area contributed by atoms with E-state index < -0.39 is 11.8 Å². The van der Waals surface area contributed by atoms with E-state index in [0.29, 0.717) is 30.8 Å². The van der Waals surface area contributed by atoms with Gasteiger partial charge >= 0.3 is 11.8 Å². The van der Waals surface area contributed by atoms with E-state index in [4.69, 9.17) is 0 Å². The second-order valence-electron chi connectivity index (χ2n) is 7.78. The number of nitrogens with one attached hydrogen (secondary N) is 4. The lowest BCUT2D eigenvalue weighted by atomic mass is 10.1. The fourth-order valence-electron chi connectivity index (χ4n) is 3.39. The van der Waals surface area contributed by atoms with Gasteiger partial charge in [0.25, 0.3) is 5.91 Å². The van der Waals surface area contributed by atoms with E-state index >= 15 is 0 Å². The van der Waals surface area contributed by atoms with Gasteiger partial charge in [-0.1, -0.05) is 30.3 Å². The van der Waals surface area contributed by atoms with Crippen molar-refractivity contribution in [3.05, 3.63) is 65.9 Å². The zero-order valence-corrected chi connectivity index (χ0v) is 18.4. The summed E-state index contributed by atoms with van der Waals surface area (Å²) >= 11 is 0. The van der Waals surface area contributed by atoms with Gasteiger partial charge < -0.3 is 25.8 Å². The lowest BCUT2D eigenvalue weighted by Gasteiger charge is -2.12. The first-order valence-corrected chi connectivity index (χ1v) is 10.6. The van der Waals surface area contributed by atoms with Gasteiger partial charge in [-0.25, -0.2) is 0 Å². The van der Waals surface area contributed by atoms with Crippen LogP contribution in [0.15, 0.2) is 54.7 Å². The summed E-state index contributed by atoms with van der Waals surface area (Å²) in [5, 5.41) is 9.15. The highest BCUT2D eigenvalue weighted by atomic mass is 16.2. The molecule has 3 rings (SSSR count). The normalized spacial score (nSPS) is 10.8. The number of H-pyrrole nitrogens is 1. The Labute approximate surface area is 187 Å². The Morgan fingerprint density at radius 1 is 0.906 bits per heavy atom. The summed E-state index contributed by atoms with van der Waals surface area (Å²) < 4.78 is 0. The molecule has 8 heteroatoms. The van der Waals surface area contributed by atoms with Gasteiger partial charge in [0.2, 0.25) is 0 Å². The second-order valence-corrected chi connectivity index (χ2v) is 7.78. The van der Waals surface area contributed by atoms with Crippen LogP contribution in [0, 0.1) is 0 Å². The van der Waals surface area contributed by atoms with Crippen molar-refractivity contribution in [3.8, 4) is 0 Å². The molecule has 4 N–H and O–H groups in total. The summed E-state index contributed by atoms with van der Waals surface area (Å²) in [5.41, 5.74) is 2.78. The van der Waals surface area contributed by atoms with Crippen molar-refractivity contribution in [3.63, 3.8) is 0 Å². The number of fused-ring (bicyclic) bond motifs is 1. The number of carbonyl (C=O) groups excluding carboxylic acids is 3. The summed E-state index contributed by atoms with van der Waals surface area (Å²) in [6, 6.07) is 14.6. The summed E-state index contributed by atoms with van der Waals surface area (Å²) in [6.07, 6.45) is 3.35. The van der Waals surface area contributed by atoms with Crippen LogP contribution in [-0.4, -0.2) is 61.3 Å². The Balaban J connectivity index is 1.54. The third-order valence-corrected chi connectivity index (χ3v) is 5.05. The van der Waals surface area contributed by atoms with Crippen LogP contribution in [0.4, 0.5) is 5.69 Å². The van der Waals surface area contributed by atoms with Crippen molar-refractivity contribution >= 4 is 34.3 Å². The maximum absolute atomic E-state index is 12.7. The minimum absolute atomic E-state index is 0.297. The van der Waals surface area contributed by atoms with Gasteiger partial charge in [0.15, 0.2) is 0 Å². The molecule has 32 heavy (non-hydrogen) atoms. The van der Waals surface area contributed by atoms with Gasteiger partial charge in [-0.15, -0.1) is 0 Å². The molecule has 0 fully saturated rings. The second kappa shape index (κ2) is 11.1. The number of anilines is 1. The van der Waals surface area contributed by atoms with E-state index in [0.717, 1.165) is 29.4 Å². The Morgan fingerprint density at radius 3 is 2.47 bits per heavy atom. The first kappa shape index (κ1) is 23.0. The smallest absolute Gasteiger partial charge is 0.313 e. The summed E-state index contributed by atoms with van der Waals surface area (Å²) in [6.45, 7) is 1.65. The average Bonchev–Trinajstić information content (AvgIpc) is 3.20. The lowest BCUT2D eigenvalue weighted by molar-refractivity contribution is -0.136. The molecular weight excluding hydrogens is 406 g/mol. The number of rotatable bonds is 9. The van der Waals surface area contributed by atoms with Crippen LogP contribution in [0.5, 0.6) is 0 Å². The molecule has 0 spiro atoms. The van der Waals surface area contributed by atoms with Gasteiger partial charge in [-0.2, -0.15) is 0 Å². The average molecular weight is 436 g/mol. The largest absolute Gasteiger partial charge is 0.361 e. The van der Waals surface area contributed by atoms with Crippen LogP contribution < -0.4 is 16.0 Å². The predicted octanol–water partition coefficient (Wildman–Crippen LogP) is 2.15. The van der Waals surface area contributed by atoms with E-state index in [1.165, 1.54) is 0 Å². The van der Waals surface area contributed by atoms with Crippen LogP contribution >= 0.6 is 0 Å². The van der Waals surface area contributed by atoms with E-state index in [2.05, 4.69) is 20.9 Å². The molecular formula is C24H29N5O3. The molecule has 168 valence electrons. The molecule has 1 heterocycles. The number of hydrogen-bond acceptors (Lipinski definition) is 4. The molecule has 0 unspecified atom stereocenters. The van der Waals surface area contributed by atoms with Crippen LogP contribution in [0.3, 0.4) is 0 Å². The van der Waals surface area contributed by atoms with Crippen molar-refractivity contribution in [1.29, 1.82) is 0 Å². The molecule has 0 aliphatic heterocycles. The Kier molecular flexibility index (Phi) is 7.99. The van der Waals surface area contributed by atoms with Crippen molar-refractivity contribution < 1.29 is 14.4 Å². The minimum Gasteiger partial charge on any atom is -0.361 e. The summed E-state index contributed by atoms with van der Waals surface area (Å²) in [7, 11) is 3.88. The molecule has 8 nitrogen and oxygen atoms in total. The topological polar surface area (TPSA) is 106 Å². The minimum atomic E-state index is -0.797. The zero-order chi connectivity index (χ0) is 22.9.